The van der Waals surface area contributed by atoms with Gasteiger partial charge < -0.3 is 10.4 Å². The van der Waals surface area contributed by atoms with Gasteiger partial charge in [-0.15, -0.1) is 0 Å². The summed E-state index contributed by atoms with van der Waals surface area (Å²) in [6.07, 6.45) is 0.767. The maximum absolute atomic E-state index is 10.2. The SMILES string of the molecule is CC(C)CC(C)(O)CNCc1cc(Cl)ccc1Cl. The van der Waals surface area contributed by atoms with Crippen LogP contribution in [0.3, 0.4) is 0 Å². The van der Waals surface area contributed by atoms with Crippen molar-refractivity contribution < 1.29 is 5.11 Å². The molecule has 2 N–H and O–H groups in total. The summed E-state index contributed by atoms with van der Waals surface area (Å²) in [6.45, 7) is 7.19. The summed E-state index contributed by atoms with van der Waals surface area (Å²) in [4.78, 5) is 0. The molecule has 18 heavy (non-hydrogen) atoms. The fourth-order valence-corrected chi connectivity index (χ4v) is 2.48. The molecule has 0 aromatic heterocycles. The Balaban J connectivity index is 2.48. The lowest BCUT2D eigenvalue weighted by Gasteiger charge is -2.25. The van der Waals surface area contributed by atoms with Crippen molar-refractivity contribution in [1.29, 1.82) is 0 Å². The topological polar surface area (TPSA) is 32.3 Å². The van der Waals surface area contributed by atoms with Crippen molar-refractivity contribution in [2.24, 2.45) is 5.92 Å². The second-order valence-electron chi connectivity index (χ2n) is 5.43. The molecule has 1 aromatic rings. The van der Waals surface area contributed by atoms with Gasteiger partial charge in [0.1, 0.15) is 0 Å². The van der Waals surface area contributed by atoms with Crippen LogP contribution >= 0.6 is 23.2 Å². The molecule has 0 radical (unpaired) electrons. The maximum atomic E-state index is 10.2. The van der Waals surface area contributed by atoms with Gasteiger partial charge in [0.25, 0.3) is 0 Å². The van der Waals surface area contributed by atoms with Crippen molar-refractivity contribution in [2.45, 2.75) is 39.3 Å². The van der Waals surface area contributed by atoms with Crippen molar-refractivity contribution in [3.05, 3.63) is 33.8 Å². The standard InChI is InChI=1S/C14H21Cl2NO/c1-10(2)7-14(3,18)9-17-8-11-6-12(15)4-5-13(11)16/h4-6,10,17-18H,7-9H2,1-3H3. The van der Waals surface area contributed by atoms with Crippen LogP contribution in [0.4, 0.5) is 0 Å². The fourth-order valence-electron chi connectivity index (χ4n) is 2.10. The number of nitrogens with one attached hydrogen (secondary N) is 1. The van der Waals surface area contributed by atoms with Crippen LogP contribution in [0.2, 0.25) is 10.0 Å². The van der Waals surface area contributed by atoms with Gasteiger partial charge in [-0.3, -0.25) is 0 Å². The van der Waals surface area contributed by atoms with E-state index < -0.39 is 5.60 Å². The third-order valence-electron chi connectivity index (χ3n) is 2.68. The Morgan fingerprint density at radius 3 is 2.61 bits per heavy atom. The number of hydrogen-bond donors (Lipinski definition) is 2. The zero-order valence-electron chi connectivity index (χ0n) is 11.1. The molecule has 1 atom stereocenters. The molecule has 0 aliphatic heterocycles. The Labute approximate surface area is 119 Å². The third kappa shape index (κ3) is 5.57. The molecule has 1 unspecified atom stereocenters. The van der Waals surface area contributed by atoms with Gasteiger partial charge in [0, 0.05) is 23.1 Å². The van der Waals surface area contributed by atoms with E-state index in [-0.39, 0.29) is 0 Å². The molecule has 4 heteroatoms. The lowest BCUT2D eigenvalue weighted by Crippen LogP contribution is -2.38. The minimum absolute atomic E-state index is 0.469. The van der Waals surface area contributed by atoms with E-state index in [0.717, 1.165) is 12.0 Å². The van der Waals surface area contributed by atoms with E-state index in [1.807, 2.05) is 13.0 Å². The highest BCUT2D eigenvalue weighted by atomic mass is 35.5. The van der Waals surface area contributed by atoms with E-state index in [1.165, 1.54) is 0 Å². The van der Waals surface area contributed by atoms with Crippen LogP contribution in [0.25, 0.3) is 0 Å². The minimum Gasteiger partial charge on any atom is -0.389 e. The van der Waals surface area contributed by atoms with Gasteiger partial charge in [-0.2, -0.15) is 0 Å². The summed E-state index contributed by atoms with van der Waals surface area (Å²) in [6, 6.07) is 5.39. The number of hydrogen-bond acceptors (Lipinski definition) is 2. The van der Waals surface area contributed by atoms with Gasteiger partial charge in [-0.1, -0.05) is 37.0 Å². The average molecular weight is 290 g/mol. The summed E-state index contributed by atoms with van der Waals surface area (Å²) in [5, 5.41) is 14.7. The summed E-state index contributed by atoms with van der Waals surface area (Å²) >= 11 is 12.0. The van der Waals surface area contributed by atoms with Crippen molar-refractivity contribution in [3.8, 4) is 0 Å². The zero-order chi connectivity index (χ0) is 13.8. The van der Waals surface area contributed by atoms with Crippen molar-refractivity contribution in [1.82, 2.24) is 5.32 Å². The van der Waals surface area contributed by atoms with Crippen molar-refractivity contribution in [3.63, 3.8) is 0 Å². The Kier molecular flexibility index (Phi) is 5.93. The lowest BCUT2D eigenvalue weighted by atomic mass is 9.94. The van der Waals surface area contributed by atoms with E-state index in [1.54, 1.807) is 12.1 Å². The fraction of sp³-hybridized carbons (Fsp3) is 0.571. The van der Waals surface area contributed by atoms with Gasteiger partial charge >= 0.3 is 0 Å². The van der Waals surface area contributed by atoms with Gasteiger partial charge in [-0.05, 0) is 43.0 Å². The predicted octanol–water partition coefficient (Wildman–Crippen LogP) is 3.88. The largest absolute Gasteiger partial charge is 0.389 e. The van der Waals surface area contributed by atoms with Crippen molar-refractivity contribution in [2.75, 3.05) is 6.54 Å². The van der Waals surface area contributed by atoms with Crippen LogP contribution in [0.15, 0.2) is 18.2 Å². The van der Waals surface area contributed by atoms with Crippen LogP contribution in [-0.4, -0.2) is 17.3 Å². The molecule has 1 aromatic carbocycles. The van der Waals surface area contributed by atoms with Gasteiger partial charge in [-0.25, -0.2) is 0 Å². The summed E-state index contributed by atoms with van der Waals surface area (Å²) < 4.78 is 0. The van der Waals surface area contributed by atoms with Crippen molar-refractivity contribution >= 4 is 23.2 Å². The normalized spacial score (nSPS) is 14.8. The second-order valence-corrected chi connectivity index (χ2v) is 6.28. The molecule has 0 aliphatic carbocycles. The van der Waals surface area contributed by atoms with Crippen LogP contribution < -0.4 is 5.32 Å². The van der Waals surface area contributed by atoms with Crippen LogP contribution in [0, 0.1) is 5.92 Å². The average Bonchev–Trinajstić information content (AvgIpc) is 2.21. The first-order valence-electron chi connectivity index (χ1n) is 6.17. The molecular weight excluding hydrogens is 269 g/mol. The van der Waals surface area contributed by atoms with E-state index in [0.29, 0.717) is 29.1 Å². The number of aliphatic hydroxyl groups is 1. The first-order valence-corrected chi connectivity index (χ1v) is 6.93. The smallest absolute Gasteiger partial charge is 0.0746 e. The molecule has 0 aliphatic rings. The van der Waals surface area contributed by atoms with Gasteiger partial charge in [0.15, 0.2) is 0 Å². The predicted molar refractivity (Wildman–Crippen MR) is 78.2 cm³/mol. The van der Waals surface area contributed by atoms with E-state index >= 15 is 0 Å². The Hall–Kier alpha value is -0.280. The maximum Gasteiger partial charge on any atom is 0.0746 e. The van der Waals surface area contributed by atoms with E-state index in [4.69, 9.17) is 23.2 Å². The minimum atomic E-state index is -0.695. The summed E-state index contributed by atoms with van der Waals surface area (Å²) in [7, 11) is 0. The molecule has 2 nitrogen and oxygen atoms in total. The van der Waals surface area contributed by atoms with Crippen LogP contribution in [-0.2, 0) is 6.54 Å². The van der Waals surface area contributed by atoms with E-state index in [9.17, 15) is 5.11 Å². The number of rotatable bonds is 6. The highest BCUT2D eigenvalue weighted by Crippen LogP contribution is 2.21. The molecule has 0 amide bonds. The monoisotopic (exact) mass is 289 g/mol. The molecule has 0 fully saturated rings. The molecule has 0 spiro atoms. The highest BCUT2D eigenvalue weighted by molar-refractivity contribution is 6.33. The Morgan fingerprint density at radius 2 is 2.00 bits per heavy atom. The number of halogens is 2. The van der Waals surface area contributed by atoms with Gasteiger partial charge in [0.05, 0.1) is 5.60 Å². The van der Waals surface area contributed by atoms with Crippen LogP contribution in [0.5, 0.6) is 0 Å². The first-order chi connectivity index (χ1) is 8.30. The molecule has 102 valence electrons. The van der Waals surface area contributed by atoms with Crippen LogP contribution in [0.1, 0.15) is 32.8 Å². The summed E-state index contributed by atoms with van der Waals surface area (Å²) in [5.74, 6) is 0.469. The first kappa shape index (κ1) is 15.8. The highest BCUT2D eigenvalue weighted by Gasteiger charge is 2.21. The molecule has 1 rings (SSSR count). The molecule has 0 saturated heterocycles. The Morgan fingerprint density at radius 1 is 1.33 bits per heavy atom. The molecule has 0 bridgehead atoms. The van der Waals surface area contributed by atoms with Gasteiger partial charge in [0.2, 0.25) is 0 Å². The Bertz CT molecular complexity index is 391. The molecule has 0 saturated carbocycles. The zero-order valence-corrected chi connectivity index (χ0v) is 12.6. The molecular formula is C14H21Cl2NO. The second kappa shape index (κ2) is 6.76. The van der Waals surface area contributed by atoms with E-state index in [2.05, 4.69) is 19.2 Å². The molecule has 0 heterocycles. The summed E-state index contributed by atoms with van der Waals surface area (Å²) in [5.41, 5.74) is 0.253. The number of benzene rings is 1. The quantitative estimate of drug-likeness (QED) is 0.833. The third-order valence-corrected chi connectivity index (χ3v) is 3.28. The lowest BCUT2D eigenvalue weighted by molar-refractivity contribution is 0.0383.